The number of fused-ring (bicyclic) bond motifs is 7. The minimum atomic E-state index is -0.690. The summed E-state index contributed by atoms with van der Waals surface area (Å²) in [5, 5.41) is 20.0. The molecule has 0 heterocycles. The molecular weight excluding hydrogens is 564 g/mol. The molecule has 0 radical (unpaired) electrons. The molecule has 5 aliphatic carbocycles. The van der Waals surface area contributed by atoms with Crippen molar-refractivity contribution in [2.24, 2.45) is 50.2 Å². The van der Waals surface area contributed by atoms with E-state index in [1.54, 1.807) is 4.90 Å². The summed E-state index contributed by atoms with van der Waals surface area (Å²) in [6.07, 6.45) is 9.77. The highest BCUT2D eigenvalue weighted by Gasteiger charge is 2.70. The summed E-state index contributed by atoms with van der Waals surface area (Å²) >= 11 is 0. The van der Waals surface area contributed by atoms with Gasteiger partial charge in [0.2, 0.25) is 0 Å². The first kappa shape index (κ1) is 33.9. The van der Waals surface area contributed by atoms with E-state index in [1.807, 2.05) is 46.8 Å². The van der Waals surface area contributed by atoms with Crippen LogP contribution >= 0.6 is 0 Å². The van der Waals surface area contributed by atoms with Gasteiger partial charge in [0.25, 0.3) is 0 Å². The number of carbonyl (C=O) groups is 3. The van der Waals surface area contributed by atoms with E-state index >= 15 is 0 Å². The van der Waals surface area contributed by atoms with Crippen molar-refractivity contribution in [3.05, 3.63) is 23.3 Å². The summed E-state index contributed by atoms with van der Waals surface area (Å²) in [5.41, 5.74) is -1.38. The first-order chi connectivity index (χ1) is 20.6. The van der Waals surface area contributed by atoms with Crippen LogP contribution in [0.4, 0.5) is 4.79 Å². The van der Waals surface area contributed by atoms with Crippen LogP contribution in [0.15, 0.2) is 23.3 Å². The summed E-state index contributed by atoms with van der Waals surface area (Å²) in [4.78, 5) is 43.3. The number of hydrogen-bond donors (Lipinski definition) is 1. The molecule has 7 nitrogen and oxygen atoms in total. The Balaban J connectivity index is 1.62. The molecule has 0 spiro atoms. The molecular formula is C38H56N2O5. The first-order valence-electron chi connectivity index (χ1n) is 17.1. The van der Waals surface area contributed by atoms with Gasteiger partial charge in [-0.25, -0.2) is 4.79 Å². The number of allylic oxidation sites excluding steroid dienone is 4. The minimum absolute atomic E-state index is 0.0130. The molecule has 0 unspecified atom stereocenters. The first-order valence-corrected chi connectivity index (χ1v) is 17.1. The smallest absolute Gasteiger partial charge is 0.410 e. The molecule has 5 aliphatic rings. The lowest BCUT2D eigenvalue weighted by Crippen LogP contribution is -2.66. The fourth-order valence-electron chi connectivity index (χ4n) is 11.1. The van der Waals surface area contributed by atoms with E-state index in [1.165, 1.54) is 0 Å². The number of aliphatic hydroxyl groups excluding tert-OH is 1. The van der Waals surface area contributed by atoms with Gasteiger partial charge in [0, 0.05) is 29.8 Å². The fraction of sp³-hybridized carbons (Fsp3) is 0.789. The zero-order chi connectivity index (χ0) is 33.6. The third-order valence-corrected chi connectivity index (χ3v) is 13.6. The maximum atomic E-state index is 14.8. The van der Waals surface area contributed by atoms with Crippen LogP contribution in [0.2, 0.25) is 0 Å². The van der Waals surface area contributed by atoms with E-state index in [4.69, 9.17) is 4.74 Å². The second kappa shape index (κ2) is 10.5. The second-order valence-electron chi connectivity index (χ2n) is 18.2. The van der Waals surface area contributed by atoms with Gasteiger partial charge in [0.15, 0.2) is 11.6 Å². The average molecular weight is 621 g/mol. The maximum Gasteiger partial charge on any atom is 0.410 e. The Kier molecular flexibility index (Phi) is 7.93. The molecule has 0 saturated heterocycles. The van der Waals surface area contributed by atoms with Crippen LogP contribution in [0.1, 0.15) is 114 Å². The summed E-state index contributed by atoms with van der Waals surface area (Å²) in [5.74, 6) is -0.0460. The van der Waals surface area contributed by atoms with Crippen LogP contribution in [0.25, 0.3) is 0 Å². The largest absolute Gasteiger partial charge is 0.444 e. The van der Waals surface area contributed by atoms with E-state index < -0.39 is 22.5 Å². The third-order valence-electron chi connectivity index (χ3n) is 13.6. The van der Waals surface area contributed by atoms with Gasteiger partial charge in [0.05, 0.1) is 12.2 Å². The number of amides is 1. The van der Waals surface area contributed by atoms with Gasteiger partial charge in [-0.15, -0.1) is 0 Å². The molecule has 248 valence electrons. The van der Waals surface area contributed by atoms with Gasteiger partial charge in [-0.2, -0.15) is 5.26 Å². The van der Waals surface area contributed by atoms with Crippen molar-refractivity contribution in [3.63, 3.8) is 0 Å². The second-order valence-corrected chi connectivity index (χ2v) is 18.2. The summed E-state index contributed by atoms with van der Waals surface area (Å²) in [6.45, 7) is 21.5. The number of aliphatic hydroxyl groups is 1. The summed E-state index contributed by atoms with van der Waals surface area (Å²) < 4.78 is 5.80. The van der Waals surface area contributed by atoms with Gasteiger partial charge in [-0.1, -0.05) is 60.1 Å². The predicted octanol–water partition coefficient (Wildman–Crippen LogP) is 7.44. The predicted molar refractivity (Wildman–Crippen MR) is 174 cm³/mol. The molecule has 1 amide bonds. The lowest BCUT2D eigenvalue weighted by Gasteiger charge is -2.69. The van der Waals surface area contributed by atoms with E-state index in [0.717, 1.165) is 50.5 Å². The molecule has 0 aromatic carbocycles. The van der Waals surface area contributed by atoms with E-state index in [9.17, 15) is 24.8 Å². The highest BCUT2D eigenvalue weighted by Crippen LogP contribution is 2.74. The lowest BCUT2D eigenvalue weighted by molar-refractivity contribution is -0.174. The molecule has 0 aliphatic heterocycles. The number of nitrogens with zero attached hydrogens (tertiary/aromatic N) is 2. The quantitative estimate of drug-likeness (QED) is 0.350. The van der Waals surface area contributed by atoms with Crippen molar-refractivity contribution < 1.29 is 24.2 Å². The van der Waals surface area contributed by atoms with Crippen molar-refractivity contribution in [1.29, 1.82) is 5.26 Å². The molecule has 0 bridgehead atoms. The maximum absolute atomic E-state index is 14.8. The van der Waals surface area contributed by atoms with Gasteiger partial charge in [0.1, 0.15) is 11.7 Å². The van der Waals surface area contributed by atoms with Gasteiger partial charge in [-0.3, -0.25) is 9.59 Å². The van der Waals surface area contributed by atoms with Gasteiger partial charge >= 0.3 is 6.09 Å². The summed E-state index contributed by atoms with van der Waals surface area (Å²) in [6, 6.07) is 2.19. The standard InChI is InChI=1S/C38H56N2O5/c1-32(2,3)45-31(44)40(17-18-41)23-38-15-13-33(4,5)21-25(38)29-26(42)19-28-35(8)20-24(22-39)30(43)34(6,7)27(35)11-12-36(28,9)37(29,10)14-16-38/h19-20,25,27,29,41H,11-18,21,23H2,1-10H3/t25-,27-,29-,35-,36+,37+,38+/m0/s1. The van der Waals surface area contributed by atoms with Crippen molar-refractivity contribution >= 4 is 17.7 Å². The Morgan fingerprint density at radius 1 is 1.04 bits per heavy atom. The Bertz CT molecular complexity index is 1390. The Labute approximate surface area is 270 Å². The zero-order valence-corrected chi connectivity index (χ0v) is 29.4. The number of ketones is 2. The van der Waals surface area contributed by atoms with Crippen LogP contribution < -0.4 is 0 Å². The molecule has 7 atom stereocenters. The van der Waals surface area contributed by atoms with Crippen molar-refractivity contribution in [2.45, 2.75) is 120 Å². The van der Waals surface area contributed by atoms with Crippen molar-refractivity contribution in [2.75, 3.05) is 19.7 Å². The molecule has 1 N–H and O–H groups in total. The molecule has 7 heteroatoms. The van der Waals surface area contributed by atoms with Crippen LogP contribution in [0.3, 0.4) is 0 Å². The van der Waals surface area contributed by atoms with Crippen LogP contribution in [0.5, 0.6) is 0 Å². The average Bonchev–Trinajstić information content (AvgIpc) is 2.91. The third kappa shape index (κ3) is 5.04. The molecule has 45 heavy (non-hydrogen) atoms. The fourth-order valence-corrected chi connectivity index (χ4v) is 11.1. The van der Waals surface area contributed by atoms with E-state index in [0.29, 0.717) is 6.54 Å². The Hall–Kier alpha value is -2.46. The molecule has 5 rings (SSSR count). The SMILES string of the molecule is CC1(C)CC[C@]2(CN(CCO)C(=O)OC(C)(C)C)CC[C@]3(C)[C@H](C(=O)C=C4[C@@]5(C)C=C(C#N)C(=O)C(C)(C)[C@@H]5CC[C@]43C)[C@@H]2C1. The van der Waals surface area contributed by atoms with Crippen LogP contribution in [-0.2, 0) is 14.3 Å². The zero-order valence-electron chi connectivity index (χ0n) is 29.4. The molecule has 3 saturated carbocycles. The topological polar surface area (TPSA) is 108 Å². The minimum Gasteiger partial charge on any atom is -0.444 e. The Morgan fingerprint density at radius 3 is 2.29 bits per heavy atom. The lowest BCUT2D eigenvalue weighted by atomic mass is 9.34. The number of nitriles is 1. The number of rotatable bonds is 4. The van der Waals surface area contributed by atoms with Gasteiger partial charge < -0.3 is 14.7 Å². The number of hydrogen-bond acceptors (Lipinski definition) is 6. The van der Waals surface area contributed by atoms with E-state index in [2.05, 4.69) is 40.7 Å². The number of carbonyl (C=O) groups excluding carboxylic acids is 3. The number of Topliss-reactive ketones (excluding diaryl/α,β-unsaturated/α-hetero) is 1. The van der Waals surface area contributed by atoms with Crippen LogP contribution in [-0.4, -0.2) is 53.0 Å². The van der Waals surface area contributed by atoms with Crippen molar-refractivity contribution in [3.8, 4) is 6.07 Å². The molecule has 3 fully saturated rings. The number of ether oxygens (including phenoxy) is 1. The molecule has 0 aromatic rings. The van der Waals surface area contributed by atoms with Crippen molar-refractivity contribution in [1.82, 2.24) is 4.90 Å². The summed E-state index contributed by atoms with van der Waals surface area (Å²) in [7, 11) is 0. The van der Waals surface area contributed by atoms with Gasteiger partial charge in [-0.05, 0) is 105 Å². The Morgan fingerprint density at radius 2 is 1.69 bits per heavy atom. The highest BCUT2D eigenvalue weighted by molar-refractivity contribution is 6.04. The van der Waals surface area contributed by atoms with E-state index in [-0.39, 0.29) is 69.7 Å². The normalized spacial score (nSPS) is 40.0. The van der Waals surface area contributed by atoms with Crippen LogP contribution in [0, 0.1) is 61.6 Å². The highest BCUT2D eigenvalue weighted by atomic mass is 16.6. The molecule has 0 aromatic heterocycles. The monoisotopic (exact) mass is 620 g/mol.